The first kappa shape index (κ1) is 15.0. The second-order valence-electron chi connectivity index (χ2n) is 5.74. The maximum Gasteiger partial charge on any atom is 0.125 e. The molecule has 0 heterocycles. The quantitative estimate of drug-likeness (QED) is 0.863. The Bertz CT molecular complexity index is 408. The largest absolute Gasteiger partial charge is 0.493 e. The lowest BCUT2D eigenvalue weighted by molar-refractivity contribution is 0.327. The zero-order chi connectivity index (χ0) is 13.9. The van der Waals surface area contributed by atoms with Crippen molar-refractivity contribution in [3.8, 4) is 5.75 Å². The minimum absolute atomic E-state index is 0.0274. The van der Waals surface area contributed by atoms with E-state index in [1.165, 1.54) is 5.56 Å². The monoisotopic (exact) mass is 250 g/mol. The van der Waals surface area contributed by atoms with Crippen molar-refractivity contribution in [2.24, 2.45) is 11.5 Å². The summed E-state index contributed by atoms with van der Waals surface area (Å²) in [6.45, 7) is 11.7. The van der Waals surface area contributed by atoms with E-state index in [4.69, 9.17) is 16.2 Å². The van der Waals surface area contributed by atoms with Gasteiger partial charge in [-0.2, -0.15) is 0 Å². The maximum absolute atomic E-state index is 6.03. The highest BCUT2D eigenvalue weighted by Crippen LogP contribution is 2.36. The number of rotatable bonds is 4. The van der Waals surface area contributed by atoms with E-state index in [2.05, 4.69) is 39.8 Å². The van der Waals surface area contributed by atoms with Crippen molar-refractivity contribution in [2.45, 2.75) is 46.1 Å². The normalized spacial score (nSPS) is 13.5. The molecule has 0 bridgehead atoms. The minimum atomic E-state index is -0.111. The molecule has 102 valence electrons. The van der Waals surface area contributed by atoms with Gasteiger partial charge in [-0.3, -0.25) is 0 Å². The van der Waals surface area contributed by atoms with E-state index in [0.717, 1.165) is 16.9 Å². The van der Waals surface area contributed by atoms with Crippen LogP contribution in [0.25, 0.3) is 0 Å². The van der Waals surface area contributed by atoms with Gasteiger partial charge in [-0.25, -0.2) is 0 Å². The second-order valence-corrected chi connectivity index (χ2v) is 5.74. The number of aryl methyl sites for hydroxylation is 1. The molecule has 0 fully saturated rings. The van der Waals surface area contributed by atoms with Gasteiger partial charge in [0.25, 0.3) is 0 Å². The summed E-state index contributed by atoms with van der Waals surface area (Å²) in [5.74, 6) is 0.984. The molecule has 0 aliphatic rings. The molecule has 4 N–H and O–H groups in total. The van der Waals surface area contributed by atoms with E-state index in [-0.39, 0.29) is 11.5 Å². The molecule has 1 aromatic rings. The fraction of sp³-hybridized carbons (Fsp3) is 0.600. The third-order valence-corrected chi connectivity index (χ3v) is 3.08. The van der Waals surface area contributed by atoms with E-state index in [0.29, 0.717) is 13.2 Å². The highest BCUT2D eigenvalue weighted by atomic mass is 16.5. The van der Waals surface area contributed by atoms with Crippen molar-refractivity contribution >= 4 is 0 Å². The predicted molar refractivity (Wildman–Crippen MR) is 77.0 cm³/mol. The molecule has 0 spiro atoms. The molecule has 0 aromatic heterocycles. The Hall–Kier alpha value is -1.06. The van der Waals surface area contributed by atoms with Gasteiger partial charge in [0.2, 0.25) is 0 Å². The summed E-state index contributed by atoms with van der Waals surface area (Å²) < 4.78 is 5.79. The fourth-order valence-corrected chi connectivity index (χ4v) is 2.05. The molecule has 1 atom stereocenters. The van der Waals surface area contributed by atoms with E-state index < -0.39 is 0 Å². The van der Waals surface area contributed by atoms with Crippen molar-refractivity contribution in [3.05, 3.63) is 28.8 Å². The number of hydrogen-bond acceptors (Lipinski definition) is 3. The zero-order valence-electron chi connectivity index (χ0n) is 12.2. The van der Waals surface area contributed by atoms with Crippen LogP contribution >= 0.6 is 0 Å². The van der Waals surface area contributed by atoms with Crippen molar-refractivity contribution in [1.82, 2.24) is 0 Å². The lowest BCUT2D eigenvalue weighted by Crippen LogP contribution is -2.22. The molecule has 3 heteroatoms. The Labute approximate surface area is 111 Å². The van der Waals surface area contributed by atoms with Gasteiger partial charge < -0.3 is 16.2 Å². The maximum atomic E-state index is 6.03. The van der Waals surface area contributed by atoms with Crippen molar-refractivity contribution in [3.63, 3.8) is 0 Å². The third kappa shape index (κ3) is 3.24. The Morgan fingerprint density at radius 3 is 2.33 bits per heavy atom. The molecule has 0 saturated carbocycles. The van der Waals surface area contributed by atoms with Crippen LogP contribution in [0.3, 0.4) is 0 Å². The van der Waals surface area contributed by atoms with Crippen molar-refractivity contribution in [1.29, 1.82) is 0 Å². The summed E-state index contributed by atoms with van der Waals surface area (Å²) in [6, 6.07) is 4.10. The van der Waals surface area contributed by atoms with Crippen LogP contribution in [0.4, 0.5) is 0 Å². The summed E-state index contributed by atoms with van der Waals surface area (Å²) in [6.07, 6.45) is 0. The molecule has 0 aliphatic carbocycles. The first-order valence-electron chi connectivity index (χ1n) is 6.54. The van der Waals surface area contributed by atoms with Gasteiger partial charge in [0.15, 0.2) is 0 Å². The Kier molecular flexibility index (Phi) is 4.77. The zero-order valence-corrected chi connectivity index (χ0v) is 12.2. The Morgan fingerprint density at radius 1 is 1.28 bits per heavy atom. The van der Waals surface area contributed by atoms with E-state index in [9.17, 15) is 0 Å². The third-order valence-electron chi connectivity index (χ3n) is 3.08. The number of nitrogens with two attached hydrogens (primary N) is 2. The van der Waals surface area contributed by atoms with Crippen LogP contribution in [0.15, 0.2) is 12.1 Å². The van der Waals surface area contributed by atoms with E-state index in [1.54, 1.807) is 0 Å². The Balaban J connectivity index is 3.37. The number of hydrogen-bond donors (Lipinski definition) is 2. The molecule has 0 radical (unpaired) electrons. The standard InChI is InChI=1S/C15H26N2O/c1-6-18-14-10(2)7-11(13(17)9-16)8-12(14)15(3,4)5/h7-8,13H,6,9,16-17H2,1-5H3. The molecule has 1 rings (SSSR count). The van der Waals surface area contributed by atoms with Gasteiger partial charge in [0.1, 0.15) is 5.75 Å². The summed E-state index contributed by atoms with van der Waals surface area (Å²) in [5, 5.41) is 0. The SMILES string of the molecule is CCOc1c(C)cc(C(N)CN)cc1C(C)(C)C. The van der Waals surface area contributed by atoms with E-state index in [1.807, 2.05) is 6.92 Å². The van der Waals surface area contributed by atoms with Crippen LogP contribution < -0.4 is 16.2 Å². The van der Waals surface area contributed by atoms with Crippen molar-refractivity contribution in [2.75, 3.05) is 13.2 Å². The highest BCUT2D eigenvalue weighted by Gasteiger charge is 2.22. The van der Waals surface area contributed by atoms with Gasteiger partial charge in [-0.05, 0) is 36.5 Å². The van der Waals surface area contributed by atoms with Gasteiger partial charge >= 0.3 is 0 Å². The second kappa shape index (κ2) is 5.72. The van der Waals surface area contributed by atoms with Crippen LogP contribution in [0, 0.1) is 6.92 Å². The average molecular weight is 250 g/mol. The first-order valence-corrected chi connectivity index (χ1v) is 6.54. The summed E-state index contributed by atoms with van der Waals surface area (Å²) in [7, 11) is 0. The van der Waals surface area contributed by atoms with Gasteiger partial charge in [-0.15, -0.1) is 0 Å². The molecular weight excluding hydrogens is 224 g/mol. The number of ether oxygens (including phenoxy) is 1. The van der Waals surface area contributed by atoms with Gasteiger partial charge in [-0.1, -0.05) is 26.8 Å². The first-order chi connectivity index (χ1) is 8.31. The highest BCUT2D eigenvalue weighted by molar-refractivity contribution is 5.48. The smallest absolute Gasteiger partial charge is 0.125 e. The molecule has 1 aromatic carbocycles. The fourth-order valence-electron chi connectivity index (χ4n) is 2.05. The summed E-state index contributed by atoms with van der Waals surface area (Å²) in [5.41, 5.74) is 15.1. The van der Waals surface area contributed by atoms with Crippen LogP contribution in [0.5, 0.6) is 5.75 Å². The Morgan fingerprint density at radius 2 is 1.89 bits per heavy atom. The predicted octanol–water partition coefficient (Wildman–Crippen LogP) is 2.65. The van der Waals surface area contributed by atoms with Gasteiger partial charge in [0, 0.05) is 18.2 Å². The van der Waals surface area contributed by atoms with Gasteiger partial charge in [0.05, 0.1) is 6.61 Å². The molecule has 1 unspecified atom stereocenters. The minimum Gasteiger partial charge on any atom is -0.493 e. The van der Waals surface area contributed by atoms with Crippen LogP contribution in [-0.2, 0) is 5.41 Å². The molecular formula is C15H26N2O. The molecule has 3 nitrogen and oxygen atoms in total. The lowest BCUT2D eigenvalue weighted by Gasteiger charge is -2.26. The van der Waals surface area contributed by atoms with Crippen LogP contribution in [-0.4, -0.2) is 13.2 Å². The number of benzene rings is 1. The van der Waals surface area contributed by atoms with Crippen molar-refractivity contribution < 1.29 is 4.74 Å². The van der Waals surface area contributed by atoms with Crippen LogP contribution in [0.2, 0.25) is 0 Å². The molecule has 18 heavy (non-hydrogen) atoms. The lowest BCUT2D eigenvalue weighted by atomic mass is 9.83. The topological polar surface area (TPSA) is 61.3 Å². The average Bonchev–Trinajstić information content (AvgIpc) is 2.29. The summed E-state index contributed by atoms with van der Waals surface area (Å²) in [4.78, 5) is 0. The summed E-state index contributed by atoms with van der Waals surface area (Å²) >= 11 is 0. The molecule has 0 aliphatic heterocycles. The molecule has 0 saturated heterocycles. The van der Waals surface area contributed by atoms with Crippen LogP contribution in [0.1, 0.15) is 50.4 Å². The molecule has 0 amide bonds. The van der Waals surface area contributed by atoms with E-state index >= 15 is 0 Å².